The van der Waals surface area contributed by atoms with Crippen LogP contribution in [0.2, 0.25) is 0 Å². The standard InChI is InChI=1S/C13H22N4/c1-4-11-5-6-17(9-11)13-15-8-12(7-14-3)10(2)16-13/h8,11,14H,4-7,9H2,1-3H3. The van der Waals surface area contributed by atoms with Crippen LogP contribution in [0.25, 0.3) is 0 Å². The summed E-state index contributed by atoms with van der Waals surface area (Å²) in [7, 11) is 1.94. The van der Waals surface area contributed by atoms with Crippen LogP contribution in [0.3, 0.4) is 0 Å². The lowest BCUT2D eigenvalue weighted by Gasteiger charge is -2.17. The molecule has 1 aromatic heterocycles. The molecule has 4 heteroatoms. The molecule has 1 aromatic rings. The van der Waals surface area contributed by atoms with E-state index in [9.17, 15) is 0 Å². The molecule has 1 atom stereocenters. The third kappa shape index (κ3) is 2.75. The van der Waals surface area contributed by atoms with Crippen molar-refractivity contribution in [1.82, 2.24) is 15.3 Å². The maximum Gasteiger partial charge on any atom is 0.225 e. The van der Waals surface area contributed by atoms with Gasteiger partial charge in [-0.1, -0.05) is 13.3 Å². The van der Waals surface area contributed by atoms with Crippen LogP contribution in [0.1, 0.15) is 31.0 Å². The van der Waals surface area contributed by atoms with Gasteiger partial charge in [0, 0.05) is 37.1 Å². The minimum Gasteiger partial charge on any atom is -0.341 e. The number of anilines is 1. The largest absolute Gasteiger partial charge is 0.341 e. The van der Waals surface area contributed by atoms with E-state index in [0.29, 0.717) is 0 Å². The maximum atomic E-state index is 4.62. The second-order valence-electron chi connectivity index (χ2n) is 4.82. The Kier molecular flexibility index (Phi) is 3.94. The van der Waals surface area contributed by atoms with Crippen LogP contribution in [0.15, 0.2) is 6.20 Å². The van der Waals surface area contributed by atoms with Crippen molar-refractivity contribution >= 4 is 5.95 Å². The first-order valence-electron chi connectivity index (χ1n) is 6.46. The molecule has 0 radical (unpaired) electrons. The monoisotopic (exact) mass is 234 g/mol. The molecule has 2 rings (SSSR count). The first kappa shape index (κ1) is 12.3. The van der Waals surface area contributed by atoms with Crippen molar-refractivity contribution in [3.8, 4) is 0 Å². The summed E-state index contributed by atoms with van der Waals surface area (Å²) >= 11 is 0. The molecular formula is C13H22N4. The topological polar surface area (TPSA) is 41.1 Å². The first-order valence-corrected chi connectivity index (χ1v) is 6.46. The molecule has 1 aliphatic rings. The Morgan fingerprint density at radius 3 is 2.94 bits per heavy atom. The van der Waals surface area contributed by atoms with E-state index in [4.69, 9.17) is 0 Å². The van der Waals surface area contributed by atoms with E-state index in [0.717, 1.165) is 37.2 Å². The van der Waals surface area contributed by atoms with Crippen molar-refractivity contribution in [3.05, 3.63) is 17.5 Å². The van der Waals surface area contributed by atoms with E-state index >= 15 is 0 Å². The zero-order chi connectivity index (χ0) is 12.3. The Morgan fingerprint density at radius 1 is 1.53 bits per heavy atom. The normalized spacial score (nSPS) is 19.9. The summed E-state index contributed by atoms with van der Waals surface area (Å²) in [4.78, 5) is 11.4. The minimum atomic E-state index is 0.816. The number of aromatic nitrogens is 2. The van der Waals surface area contributed by atoms with Crippen LogP contribution in [-0.4, -0.2) is 30.1 Å². The molecule has 2 heterocycles. The Labute approximate surface area is 103 Å². The van der Waals surface area contributed by atoms with Gasteiger partial charge in [0.2, 0.25) is 5.95 Å². The maximum absolute atomic E-state index is 4.62. The lowest BCUT2D eigenvalue weighted by Crippen LogP contribution is -2.22. The van der Waals surface area contributed by atoms with Crippen LogP contribution in [-0.2, 0) is 6.54 Å². The van der Waals surface area contributed by atoms with E-state index in [1.165, 1.54) is 18.4 Å². The van der Waals surface area contributed by atoms with Gasteiger partial charge in [0.15, 0.2) is 0 Å². The number of hydrogen-bond acceptors (Lipinski definition) is 4. The van der Waals surface area contributed by atoms with Crippen molar-refractivity contribution in [2.75, 3.05) is 25.0 Å². The van der Waals surface area contributed by atoms with Crippen LogP contribution in [0.5, 0.6) is 0 Å². The quantitative estimate of drug-likeness (QED) is 0.861. The first-order chi connectivity index (χ1) is 8.24. The SMILES string of the molecule is CCC1CCN(c2ncc(CNC)c(C)n2)C1. The number of aryl methyl sites for hydroxylation is 1. The Hall–Kier alpha value is -1.16. The van der Waals surface area contributed by atoms with Gasteiger partial charge >= 0.3 is 0 Å². The molecule has 0 saturated carbocycles. The fraction of sp³-hybridized carbons (Fsp3) is 0.692. The van der Waals surface area contributed by atoms with Gasteiger partial charge in [0.25, 0.3) is 0 Å². The van der Waals surface area contributed by atoms with Crippen molar-refractivity contribution in [3.63, 3.8) is 0 Å². The molecule has 0 spiro atoms. The lowest BCUT2D eigenvalue weighted by molar-refractivity contribution is 0.568. The summed E-state index contributed by atoms with van der Waals surface area (Å²) in [5.74, 6) is 1.72. The van der Waals surface area contributed by atoms with Gasteiger partial charge in [-0.2, -0.15) is 0 Å². The Bertz CT molecular complexity index is 378. The van der Waals surface area contributed by atoms with Crippen LogP contribution >= 0.6 is 0 Å². The van der Waals surface area contributed by atoms with E-state index in [1.54, 1.807) is 0 Å². The summed E-state index contributed by atoms with van der Waals surface area (Å²) in [5, 5.41) is 3.14. The van der Waals surface area contributed by atoms with Gasteiger partial charge in [-0.15, -0.1) is 0 Å². The Morgan fingerprint density at radius 2 is 2.35 bits per heavy atom. The van der Waals surface area contributed by atoms with Crippen LogP contribution < -0.4 is 10.2 Å². The highest BCUT2D eigenvalue weighted by atomic mass is 15.3. The van der Waals surface area contributed by atoms with Gasteiger partial charge in [-0.25, -0.2) is 9.97 Å². The molecule has 1 aliphatic heterocycles. The summed E-state index contributed by atoms with van der Waals surface area (Å²) in [6.07, 6.45) is 4.48. The second kappa shape index (κ2) is 5.45. The average molecular weight is 234 g/mol. The predicted octanol–water partition coefficient (Wildman–Crippen LogP) is 1.74. The second-order valence-corrected chi connectivity index (χ2v) is 4.82. The van der Waals surface area contributed by atoms with E-state index in [1.807, 2.05) is 13.2 Å². The fourth-order valence-electron chi connectivity index (χ4n) is 2.34. The summed E-state index contributed by atoms with van der Waals surface area (Å²) in [5.41, 5.74) is 2.27. The smallest absolute Gasteiger partial charge is 0.225 e. The third-order valence-electron chi connectivity index (χ3n) is 3.58. The molecule has 1 saturated heterocycles. The number of hydrogen-bond donors (Lipinski definition) is 1. The summed E-state index contributed by atoms with van der Waals surface area (Å²) in [6.45, 7) is 7.37. The lowest BCUT2D eigenvalue weighted by atomic mass is 10.1. The highest BCUT2D eigenvalue weighted by Crippen LogP contribution is 2.23. The summed E-state index contributed by atoms with van der Waals surface area (Å²) < 4.78 is 0. The van der Waals surface area contributed by atoms with Gasteiger partial charge < -0.3 is 10.2 Å². The molecule has 4 nitrogen and oxygen atoms in total. The molecule has 0 aliphatic carbocycles. The average Bonchev–Trinajstić information content (AvgIpc) is 2.80. The van der Waals surface area contributed by atoms with Crippen LogP contribution in [0, 0.1) is 12.8 Å². The molecule has 17 heavy (non-hydrogen) atoms. The van der Waals surface area contributed by atoms with Crippen molar-refractivity contribution < 1.29 is 0 Å². The van der Waals surface area contributed by atoms with E-state index in [-0.39, 0.29) is 0 Å². The van der Waals surface area contributed by atoms with Crippen molar-refractivity contribution in [2.45, 2.75) is 33.2 Å². The van der Waals surface area contributed by atoms with Crippen molar-refractivity contribution in [1.29, 1.82) is 0 Å². The van der Waals surface area contributed by atoms with E-state index in [2.05, 4.69) is 34.0 Å². The fourth-order valence-corrected chi connectivity index (χ4v) is 2.34. The van der Waals surface area contributed by atoms with Gasteiger partial charge in [-0.3, -0.25) is 0 Å². The van der Waals surface area contributed by atoms with E-state index < -0.39 is 0 Å². The number of nitrogens with zero attached hydrogens (tertiary/aromatic N) is 3. The third-order valence-corrected chi connectivity index (χ3v) is 3.58. The molecule has 94 valence electrons. The molecule has 1 unspecified atom stereocenters. The molecular weight excluding hydrogens is 212 g/mol. The van der Waals surface area contributed by atoms with Gasteiger partial charge in [0.1, 0.15) is 0 Å². The zero-order valence-electron chi connectivity index (χ0n) is 11.0. The van der Waals surface area contributed by atoms with Gasteiger partial charge in [0.05, 0.1) is 0 Å². The highest BCUT2D eigenvalue weighted by Gasteiger charge is 2.23. The molecule has 1 N–H and O–H groups in total. The van der Waals surface area contributed by atoms with Crippen LogP contribution in [0.4, 0.5) is 5.95 Å². The number of nitrogens with one attached hydrogen (secondary N) is 1. The minimum absolute atomic E-state index is 0.816. The van der Waals surface area contributed by atoms with Gasteiger partial charge in [-0.05, 0) is 26.3 Å². The Balaban J connectivity index is 2.09. The number of rotatable bonds is 4. The molecule has 1 fully saturated rings. The zero-order valence-corrected chi connectivity index (χ0v) is 11.0. The highest BCUT2D eigenvalue weighted by molar-refractivity contribution is 5.34. The molecule has 0 amide bonds. The molecule has 0 aromatic carbocycles. The predicted molar refractivity (Wildman–Crippen MR) is 70.1 cm³/mol. The van der Waals surface area contributed by atoms with Crippen molar-refractivity contribution in [2.24, 2.45) is 5.92 Å². The summed E-state index contributed by atoms with van der Waals surface area (Å²) in [6, 6.07) is 0. The molecule has 0 bridgehead atoms.